The predicted octanol–water partition coefficient (Wildman–Crippen LogP) is 5.95. The molecular weight excluding hydrogens is 774 g/mol. The number of anilines is 1. The molecule has 0 N–H and O–H groups in total. The molecule has 0 aromatic heterocycles. The van der Waals surface area contributed by atoms with Crippen LogP contribution < -0.4 is 4.90 Å². The van der Waals surface area contributed by atoms with E-state index in [1.54, 1.807) is 30.3 Å². The summed E-state index contributed by atoms with van der Waals surface area (Å²) in [6.07, 6.45) is 0. The molecule has 2 aliphatic heterocycles. The Kier molecular flexibility index (Phi) is 7.24. The monoisotopic (exact) mass is 781 g/mol. The van der Waals surface area contributed by atoms with Crippen molar-refractivity contribution in [1.29, 1.82) is 0 Å². The van der Waals surface area contributed by atoms with Gasteiger partial charge in [-0.25, -0.2) is 9.80 Å². The van der Waals surface area contributed by atoms with Crippen LogP contribution in [-0.2, 0) is 4.79 Å². The molecule has 0 saturated carbocycles. The van der Waals surface area contributed by atoms with Crippen LogP contribution in [-0.4, -0.2) is 51.0 Å². The van der Waals surface area contributed by atoms with Crippen LogP contribution >= 0.6 is 75.9 Å². The second kappa shape index (κ2) is 10.2. The minimum Gasteiger partial charge on any atom is -0.275 e. The third-order valence-corrected chi connectivity index (χ3v) is 11.1. The molecule has 0 aliphatic carbocycles. The molecule has 0 spiro atoms. The van der Waals surface area contributed by atoms with Gasteiger partial charge in [0, 0.05) is 29.0 Å². The van der Waals surface area contributed by atoms with Gasteiger partial charge in [-0.2, -0.15) is 0 Å². The van der Waals surface area contributed by atoms with E-state index in [1.165, 1.54) is 24.3 Å². The zero-order chi connectivity index (χ0) is 27.5. The fourth-order valence-electron chi connectivity index (χ4n) is 4.06. The zero-order valence-corrected chi connectivity index (χ0v) is 25.9. The lowest BCUT2D eigenvalue weighted by atomic mass is 10.1. The van der Waals surface area contributed by atoms with Crippen LogP contribution in [0.5, 0.6) is 0 Å². The molecule has 0 bridgehead atoms. The molecule has 0 unspecified atom stereocenters. The fourth-order valence-corrected chi connectivity index (χ4v) is 6.85. The van der Waals surface area contributed by atoms with Crippen molar-refractivity contribution in [3.05, 3.63) is 94.7 Å². The van der Waals surface area contributed by atoms with Gasteiger partial charge in [-0.1, -0.05) is 18.2 Å². The summed E-state index contributed by atoms with van der Waals surface area (Å²) in [5.41, 5.74) is 1.03. The van der Waals surface area contributed by atoms with Crippen molar-refractivity contribution in [2.24, 2.45) is 0 Å². The Morgan fingerprint density at radius 3 is 1.71 bits per heavy atom. The summed E-state index contributed by atoms with van der Waals surface area (Å²) in [5.74, 6) is -2.95. The SMILES string of the molecule is O=C(c1ccccc1)N1CC(=O)N(C(=O)c2ccc(N3C(=O)c4c(Br)c(Br)c(Br)c(Br)c4C3=O)cc2)C1=S. The van der Waals surface area contributed by atoms with E-state index in [2.05, 4.69) is 63.7 Å². The smallest absolute Gasteiger partial charge is 0.267 e. The topological polar surface area (TPSA) is 95.1 Å². The summed E-state index contributed by atoms with van der Waals surface area (Å²) in [4.78, 5) is 67.9. The molecule has 1 saturated heterocycles. The van der Waals surface area contributed by atoms with Crippen molar-refractivity contribution < 1.29 is 24.0 Å². The van der Waals surface area contributed by atoms with Crippen LogP contribution in [0.15, 0.2) is 72.5 Å². The maximum Gasteiger partial charge on any atom is 0.267 e. The van der Waals surface area contributed by atoms with Crippen LogP contribution in [0, 0.1) is 0 Å². The van der Waals surface area contributed by atoms with Crippen LogP contribution in [0.3, 0.4) is 0 Å². The number of amides is 5. The number of fused-ring (bicyclic) bond motifs is 1. The molecule has 38 heavy (non-hydrogen) atoms. The number of hydrogen-bond acceptors (Lipinski definition) is 6. The highest BCUT2D eigenvalue weighted by Gasteiger charge is 2.43. The molecule has 2 aliphatic rings. The average molecular weight is 785 g/mol. The number of hydrogen-bond donors (Lipinski definition) is 0. The van der Waals surface area contributed by atoms with Gasteiger partial charge in [0.2, 0.25) is 0 Å². The third-order valence-electron chi connectivity index (χ3n) is 5.91. The number of halogens is 4. The Hall–Kier alpha value is -2.58. The van der Waals surface area contributed by atoms with E-state index in [4.69, 9.17) is 12.2 Å². The Morgan fingerprint density at radius 1 is 0.684 bits per heavy atom. The standard InChI is InChI=1S/C25H11Br4N3O5S/c26-17-15-16(18(27)20(29)19(17)28)24(37)31(23(15)36)13-8-6-12(7-9-13)22(35)32-14(33)10-30(25(32)38)21(34)11-4-2-1-3-5-11/h1-9H,10H2. The second-order valence-corrected chi connectivity index (χ2v) is 11.6. The van der Waals surface area contributed by atoms with Crippen LogP contribution in [0.2, 0.25) is 0 Å². The number of thiocarbonyl (C=S) groups is 1. The van der Waals surface area contributed by atoms with Crippen LogP contribution in [0.4, 0.5) is 5.69 Å². The molecule has 3 aromatic rings. The number of carbonyl (C=O) groups is 5. The van der Waals surface area contributed by atoms with Crippen molar-refractivity contribution in [3.8, 4) is 0 Å². The largest absolute Gasteiger partial charge is 0.275 e. The quantitative estimate of drug-likeness (QED) is 0.141. The van der Waals surface area contributed by atoms with E-state index in [1.807, 2.05) is 0 Å². The Balaban J connectivity index is 1.40. The molecule has 0 radical (unpaired) electrons. The van der Waals surface area contributed by atoms with E-state index in [9.17, 15) is 24.0 Å². The summed E-state index contributed by atoms with van der Waals surface area (Å²) in [5, 5.41) is -0.218. The lowest BCUT2D eigenvalue weighted by Gasteiger charge is -2.18. The van der Waals surface area contributed by atoms with Crippen molar-refractivity contribution in [3.63, 3.8) is 0 Å². The molecular formula is C25H11Br4N3O5S. The van der Waals surface area contributed by atoms with Gasteiger partial charge in [-0.3, -0.25) is 28.9 Å². The number of rotatable bonds is 3. The van der Waals surface area contributed by atoms with E-state index in [0.717, 1.165) is 14.7 Å². The number of benzene rings is 3. The first kappa shape index (κ1) is 27.0. The molecule has 0 atom stereocenters. The first-order valence-electron chi connectivity index (χ1n) is 10.7. The van der Waals surface area contributed by atoms with Crippen molar-refractivity contribution >= 4 is 116 Å². The molecule has 1 fully saturated rings. The van der Waals surface area contributed by atoms with Gasteiger partial charge in [0.25, 0.3) is 29.5 Å². The fraction of sp³-hybridized carbons (Fsp3) is 0.0400. The highest BCUT2D eigenvalue weighted by atomic mass is 79.9. The summed E-state index contributed by atoms with van der Waals surface area (Å²) in [6, 6.07) is 13.9. The van der Waals surface area contributed by atoms with Crippen molar-refractivity contribution in [1.82, 2.24) is 9.80 Å². The Labute approximate surface area is 254 Å². The summed E-state index contributed by atoms with van der Waals surface area (Å²) < 4.78 is 1.98. The van der Waals surface area contributed by atoms with Crippen LogP contribution in [0.1, 0.15) is 41.4 Å². The molecule has 13 heteroatoms. The van der Waals surface area contributed by atoms with Crippen LogP contribution in [0.25, 0.3) is 0 Å². The van der Waals surface area contributed by atoms with Gasteiger partial charge >= 0.3 is 0 Å². The van der Waals surface area contributed by atoms with E-state index < -0.39 is 29.5 Å². The molecule has 190 valence electrons. The van der Waals surface area contributed by atoms with Crippen molar-refractivity contribution in [2.45, 2.75) is 0 Å². The van der Waals surface area contributed by atoms with Crippen molar-refractivity contribution in [2.75, 3.05) is 11.4 Å². The lowest BCUT2D eigenvalue weighted by Crippen LogP contribution is -2.39. The van der Waals surface area contributed by atoms with E-state index >= 15 is 0 Å². The Morgan fingerprint density at radius 2 is 1.18 bits per heavy atom. The van der Waals surface area contributed by atoms with Gasteiger partial charge in [-0.15, -0.1) is 0 Å². The predicted molar refractivity (Wildman–Crippen MR) is 156 cm³/mol. The summed E-state index contributed by atoms with van der Waals surface area (Å²) in [6.45, 7) is -0.361. The highest BCUT2D eigenvalue weighted by molar-refractivity contribution is 9.15. The average Bonchev–Trinajstić information content (AvgIpc) is 3.36. The number of carbonyl (C=O) groups excluding carboxylic acids is 5. The minimum atomic E-state index is -0.726. The lowest BCUT2D eigenvalue weighted by molar-refractivity contribution is -0.123. The number of imide groups is 2. The number of nitrogens with zero attached hydrogens (tertiary/aromatic N) is 3. The Bertz CT molecular complexity index is 1560. The van der Waals surface area contributed by atoms with Gasteiger partial charge in [0.15, 0.2) is 5.11 Å². The van der Waals surface area contributed by atoms with Gasteiger partial charge in [0.1, 0.15) is 6.54 Å². The minimum absolute atomic E-state index is 0.0860. The molecule has 2 heterocycles. The van der Waals surface area contributed by atoms with E-state index in [-0.39, 0.29) is 34.0 Å². The molecule has 5 rings (SSSR count). The summed E-state index contributed by atoms with van der Waals surface area (Å²) in [7, 11) is 0. The maximum absolute atomic E-state index is 13.2. The maximum atomic E-state index is 13.2. The van der Waals surface area contributed by atoms with E-state index in [0.29, 0.717) is 23.5 Å². The molecule has 5 amide bonds. The zero-order valence-electron chi connectivity index (χ0n) is 18.7. The highest BCUT2D eigenvalue weighted by Crippen LogP contribution is 2.46. The van der Waals surface area contributed by atoms with Gasteiger partial charge in [-0.05, 0) is 112 Å². The third kappa shape index (κ3) is 4.20. The first-order chi connectivity index (χ1) is 18.0. The van der Waals surface area contributed by atoms with Gasteiger partial charge in [0.05, 0.1) is 16.8 Å². The normalized spacial score (nSPS) is 15.0. The van der Waals surface area contributed by atoms with Gasteiger partial charge < -0.3 is 0 Å². The summed E-state index contributed by atoms with van der Waals surface area (Å²) >= 11 is 18.8. The first-order valence-corrected chi connectivity index (χ1v) is 14.3. The molecule has 8 nitrogen and oxygen atoms in total. The molecule has 3 aromatic carbocycles. The second-order valence-electron chi connectivity index (χ2n) is 8.07.